The number of hydrogen-bond donors (Lipinski definition) is 2. The number of ether oxygens (including phenoxy) is 1. The van der Waals surface area contributed by atoms with Crippen molar-refractivity contribution < 1.29 is 22.7 Å². The fourth-order valence-electron chi connectivity index (χ4n) is 2.65. The second-order valence-electron chi connectivity index (χ2n) is 6.19. The molecule has 0 bridgehead atoms. The molecule has 2 heterocycles. The molecule has 1 aromatic heterocycles. The van der Waals surface area contributed by atoms with Crippen LogP contribution in [-0.2, 0) is 10.3 Å². The van der Waals surface area contributed by atoms with Crippen LogP contribution in [0.5, 0.6) is 0 Å². The molecule has 3 rings (SSSR count). The van der Waals surface area contributed by atoms with Gasteiger partial charge in [0.1, 0.15) is 24.1 Å². The van der Waals surface area contributed by atoms with Crippen LogP contribution in [-0.4, -0.2) is 29.4 Å². The second kappa shape index (κ2) is 7.97. The number of nitrogens with two attached hydrogens (primary N) is 1. The fourth-order valence-corrected chi connectivity index (χ4v) is 2.65. The topological polar surface area (TPSA) is 113 Å². The van der Waals surface area contributed by atoms with E-state index in [9.17, 15) is 18.0 Å². The molecule has 1 aliphatic rings. The van der Waals surface area contributed by atoms with E-state index in [1.807, 2.05) is 6.07 Å². The van der Waals surface area contributed by atoms with Crippen LogP contribution in [0.1, 0.15) is 28.5 Å². The fraction of sp³-hybridized carbons (Fsp3) is 0.222. The lowest BCUT2D eigenvalue weighted by molar-refractivity contribution is -0.173. The number of nitrogens with zero attached hydrogens (tertiary/aromatic N) is 3. The van der Waals surface area contributed by atoms with Gasteiger partial charge in [-0.05, 0) is 37.3 Å². The maximum Gasteiger partial charge on any atom is 0.310 e. The number of benzene rings is 1. The zero-order chi connectivity index (χ0) is 20.5. The van der Waals surface area contributed by atoms with Gasteiger partial charge in [0.05, 0.1) is 5.56 Å². The molecule has 11 heteroatoms. The highest BCUT2D eigenvalue weighted by atomic mass is 35.5. The Labute approximate surface area is 169 Å². The summed E-state index contributed by atoms with van der Waals surface area (Å²) in [5.74, 6) is -5.15. The van der Waals surface area contributed by atoms with E-state index in [1.54, 1.807) is 0 Å². The highest BCUT2D eigenvalue weighted by Gasteiger charge is 2.57. The molecule has 0 fully saturated rings. The molecular weight excluding hydrogens is 411 g/mol. The predicted molar refractivity (Wildman–Crippen MR) is 100 cm³/mol. The summed E-state index contributed by atoms with van der Waals surface area (Å²) in [7, 11) is 0. The maximum atomic E-state index is 14.4. The third-order valence-electron chi connectivity index (χ3n) is 4.30. The Balaban J connectivity index is 0.00000300. The number of alkyl halides is 2. The first-order chi connectivity index (χ1) is 13.2. The molecule has 0 unspecified atom stereocenters. The average Bonchev–Trinajstić information content (AvgIpc) is 2.66. The van der Waals surface area contributed by atoms with E-state index >= 15 is 0 Å². The number of pyridine rings is 1. The van der Waals surface area contributed by atoms with Crippen LogP contribution in [0, 0.1) is 17.1 Å². The molecule has 2 aromatic rings. The van der Waals surface area contributed by atoms with Gasteiger partial charge in [-0.25, -0.2) is 14.4 Å². The number of aliphatic imine (C=N–C) groups is 1. The number of amides is 1. The largest absolute Gasteiger partial charge is 0.448 e. The molecule has 1 aliphatic heterocycles. The first-order valence-corrected chi connectivity index (χ1v) is 8.00. The molecular formula is C18H15ClF3N5O2. The number of hydrogen-bond acceptors (Lipinski definition) is 6. The number of amidine groups is 1. The van der Waals surface area contributed by atoms with Crippen molar-refractivity contribution in [2.24, 2.45) is 10.7 Å². The molecule has 29 heavy (non-hydrogen) atoms. The van der Waals surface area contributed by atoms with Gasteiger partial charge in [0.15, 0.2) is 0 Å². The standard InChI is InChI=1S/C18H14F3N5O2.ClH/c1-17(18(20,21)9-25-16(23)28-17)12-6-11(3-4-13(12)19)26-15(27)14-5-2-10(7-22)8-24-14;/h2-6,8H,9H2,1H3,(H2,23,25)(H,26,27);1H/t17-;/m1./s1. The monoisotopic (exact) mass is 425 g/mol. The van der Waals surface area contributed by atoms with Crippen LogP contribution >= 0.6 is 12.4 Å². The number of carbonyl (C=O) groups excluding carboxylic acids is 1. The second-order valence-corrected chi connectivity index (χ2v) is 6.19. The van der Waals surface area contributed by atoms with E-state index in [-0.39, 0.29) is 29.4 Å². The number of rotatable bonds is 3. The van der Waals surface area contributed by atoms with Crippen molar-refractivity contribution in [3.05, 3.63) is 59.2 Å². The SMILES string of the molecule is C[C@]1(c2cc(NC(=O)c3ccc(C#N)cn3)ccc2F)OC(N)=NCC1(F)F.Cl. The average molecular weight is 426 g/mol. The smallest absolute Gasteiger partial charge is 0.310 e. The van der Waals surface area contributed by atoms with Crippen molar-refractivity contribution in [2.75, 3.05) is 11.9 Å². The Bertz CT molecular complexity index is 1010. The van der Waals surface area contributed by atoms with Crippen LogP contribution in [0.2, 0.25) is 0 Å². The summed E-state index contributed by atoms with van der Waals surface area (Å²) in [5, 5.41) is 11.2. The number of nitrogens with one attached hydrogen (secondary N) is 1. The number of anilines is 1. The highest BCUT2D eigenvalue weighted by molar-refractivity contribution is 6.02. The zero-order valence-electron chi connectivity index (χ0n) is 14.9. The molecule has 3 N–H and O–H groups in total. The summed E-state index contributed by atoms with van der Waals surface area (Å²) in [6.45, 7) is 0.0429. The number of carbonyl (C=O) groups is 1. The zero-order valence-corrected chi connectivity index (χ0v) is 15.8. The van der Waals surface area contributed by atoms with Gasteiger partial charge >= 0.3 is 5.92 Å². The van der Waals surface area contributed by atoms with Crippen molar-refractivity contribution in [2.45, 2.75) is 18.4 Å². The van der Waals surface area contributed by atoms with E-state index in [2.05, 4.69) is 15.3 Å². The van der Waals surface area contributed by atoms with Crippen molar-refractivity contribution in [3.8, 4) is 6.07 Å². The van der Waals surface area contributed by atoms with Crippen molar-refractivity contribution in [1.82, 2.24) is 4.98 Å². The van der Waals surface area contributed by atoms with Crippen LogP contribution < -0.4 is 11.1 Å². The van der Waals surface area contributed by atoms with E-state index < -0.39 is 41.4 Å². The summed E-state index contributed by atoms with van der Waals surface area (Å²) in [6.07, 6.45) is 1.21. The molecule has 0 saturated carbocycles. The van der Waals surface area contributed by atoms with Gasteiger partial charge in [0.25, 0.3) is 11.9 Å². The third kappa shape index (κ3) is 4.09. The first kappa shape index (κ1) is 22.0. The Kier molecular flexibility index (Phi) is 6.04. The first-order valence-electron chi connectivity index (χ1n) is 8.00. The number of halogens is 4. The Hall–Kier alpha value is -3.32. The molecule has 1 amide bonds. The normalized spacial score (nSPS) is 19.8. The third-order valence-corrected chi connectivity index (χ3v) is 4.30. The van der Waals surface area contributed by atoms with E-state index in [4.69, 9.17) is 15.7 Å². The minimum absolute atomic E-state index is 0. The van der Waals surface area contributed by atoms with Gasteiger partial charge < -0.3 is 15.8 Å². The van der Waals surface area contributed by atoms with Gasteiger partial charge in [-0.1, -0.05) is 0 Å². The van der Waals surface area contributed by atoms with Crippen molar-refractivity contribution in [1.29, 1.82) is 5.26 Å². The molecule has 1 aromatic carbocycles. The van der Waals surface area contributed by atoms with Gasteiger partial charge in [-0.15, -0.1) is 12.4 Å². The lowest BCUT2D eigenvalue weighted by Gasteiger charge is -2.39. The van der Waals surface area contributed by atoms with E-state index in [0.717, 1.165) is 19.1 Å². The minimum Gasteiger partial charge on any atom is -0.448 e. The molecule has 1 atom stereocenters. The van der Waals surface area contributed by atoms with Crippen LogP contribution in [0.25, 0.3) is 0 Å². The summed E-state index contributed by atoms with van der Waals surface area (Å²) >= 11 is 0. The van der Waals surface area contributed by atoms with Gasteiger partial charge in [0, 0.05) is 17.4 Å². The van der Waals surface area contributed by atoms with Crippen LogP contribution in [0.4, 0.5) is 18.9 Å². The van der Waals surface area contributed by atoms with Gasteiger partial charge in [-0.3, -0.25) is 4.79 Å². The van der Waals surface area contributed by atoms with Crippen LogP contribution in [0.15, 0.2) is 41.5 Å². The molecule has 152 valence electrons. The summed E-state index contributed by atoms with van der Waals surface area (Å²) in [4.78, 5) is 19.5. The van der Waals surface area contributed by atoms with Crippen molar-refractivity contribution in [3.63, 3.8) is 0 Å². The van der Waals surface area contributed by atoms with E-state index in [1.165, 1.54) is 24.4 Å². The molecule has 0 radical (unpaired) electrons. The summed E-state index contributed by atoms with van der Waals surface area (Å²) in [6, 6.07) is 7.30. The summed E-state index contributed by atoms with van der Waals surface area (Å²) < 4.78 is 48.3. The summed E-state index contributed by atoms with van der Waals surface area (Å²) in [5.41, 5.74) is 2.83. The lowest BCUT2D eigenvalue weighted by Crippen LogP contribution is -2.53. The van der Waals surface area contributed by atoms with Gasteiger partial charge in [0.2, 0.25) is 5.60 Å². The molecule has 7 nitrogen and oxygen atoms in total. The van der Waals surface area contributed by atoms with Crippen LogP contribution in [0.3, 0.4) is 0 Å². The molecule has 0 saturated heterocycles. The quantitative estimate of drug-likeness (QED) is 0.784. The maximum absolute atomic E-state index is 14.4. The lowest BCUT2D eigenvalue weighted by atomic mass is 9.87. The predicted octanol–water partition coefficient (Wildman–Crippen LogP) is 2.96. The minimum atomic E-state index is -3.53. The Morgan fingerprint density at radius 2 is 2.07 bits per heavy atom. The molecule has 0 spiro atoms. The number of nitriles is 1. The Morgan fingerprint density at radius 1 is 1.34 bits per heavy atom. The van der Waals surface area contributed by atoms with E-state index in [0.29, 0.717) is 0 Å². The van der Waals surface area contributed by atoms with Crippen molar-refractivity contribution >= 4 is 30.0 Å². The Morgan fingerprint density at radius 3 is 2.69 bits per heavy atom. The molecule has 0 aliphatic carbocycles. The highest BCUT2D eigenvalue weighted by Crippen LogP contribution is 2.44. The van der Waals surface area contributed by atoms with Gasteiger partial charge in [-0.2, -0.15) is 14.0 Å². The number of aromatic nitrogens is 1.